The molecule has 32 valence electrons. The molecule has 0 atom stereocenters. The molecule has 0 aliphatic heterocycles. The minimum absolute atomic E-state index is 0. The largest absolute Gasteiger partial charge is 6.00 e. The van der Waals surface area contributed by atoms with Crippen LogP contribution in [0.5, 0.6) is 0 Å². The molecule has 0 aliphatic rings. The SMILES string of the molecule is [Mo+6].[Mo+6].[N-3].[N-3].[N-3].[N-3]. The van der Waals surface area contributed by atoms with E-state index in [2.05, 4.69) is 0 Å². The molecule has 6 heteroatoms. The molecule has 0 saturated heterocycles. The molecule has 0 spiro atoms. The van der Waals surface area contributed by atoms with Crippen molar-refractivity contribution in [2.75, 3.05) is 0 Å². The number of rotatable bonds is 0. The fourth-order valence-electron chi connectivity index (χ4n) is 0. The maximum Gasteiger partial charge on any atom is 6.00 e. The summed E-state index contributed by atoms with van der Waals surface area (Å²) in [4.78, 5) is 0. The third-order valence-corrected chi connectivity index (χ3v) is 0. The van der Waals surface area contributed by atoms with Crippen molar-refractivity contribution in [1.82, 2.24) is 0 Å². The van der Waals surface area contributed by atoms with E-state index in [1.807, 2.05) is 0 Å². The Morgan fingerprint density at radius 2 is 0.333 bits per heavy atom. The van der Waals surface area contributed by atoms with E-state index in [1.54, 1.807) is 0 Å². The Kier molecular flexibility index (Phi) is 3590. The zero-order valence-electron chi connectivity index (χ0n) is 2.61. The zero-order chi connectivity index (χ0) is 0. The molecule has 0 aromatic heterocycles. The van der Waals surface area contributed by atoms with Crippen LogP contribution >= 0.6 is 0 Å². The first-order valence-corrected chi connectivity index (χ1v) is 0. The van der Waals surface area contributed by atoms with Gasteiger partial charge in [-0.1, -0.05) is 0 Å². The van der Waals surface area contributed by atoms with Crippen molar-refractivity contribution in [3.63, 3.8) is 0 Å². The van der Waals surface area contributed by atoms with E-state index in [-0.39, 0.29) is 66.7 Å². The van der Waals surface area contributed by atoms with Gasteiger partial charge in [0.05, 0.1) is 0 Å². The Hall–Kier alpha value is 1.22. The normalized spacial score (nSPS) is 0. The Bertz CT molecular complexity index is 5.51. The summed E-state index contributed by atoms with van der Waals surface area (Å²) in [5, 5.41) is 0. The summed E-state index contributed by atoms with van der Waals surface area (Å²) < 4.78 is 0. The van der Waals surface area contributed by atoms with Gasteiger partial charge in [-0.3, -0.25) is 0 Å². The van der Waals surface area contributed by atoms with Crippen LogP contribution < -0.4 is 0 Å². The second kappa shape index (κ2) is 114. The van der Waals surface area contributed by atoms with Crippen LogP contribution in [0.1, 0.15) is 0 Å². The van der Waals surface area contributed by atoms with Crippen molar-refractivity contribution in [2.24, 2.45) is 0 Å². The second-order valence-corrected chi connectivity index (χ2v) is 0. The van der Waals surface area contributed by atoms with Gasteiger partial charge in [0.15, 0.2) is 0 Å². The van der Waals surface area contributed by atoms with E-state index in [1.165, 1.54) is 0 Å². The van der Waals surface area contributed by atoms with Crippen LogP contribution in [-0.4, -0.2) is 0 Å². The number of hydrogen-bond donors (Lipinski definition) is 0. The topological polar surface area (TPSA) is 122 Å². The predicted octanol–water partition coefficient (Wildman–Crippen LogP) is 1.15. The molecule has 0 aliphatic carbocycles. The molecule has 6 heavy (non-hydrogen) atoms. The average molecular weight is 248 g/mol. The maximum absolute atomic E-state index is 0. The van der Waals surface area contributed by atoms with Crippen LogP contribution in [0.2, 0.25) is 0 Å². The first-order chi connectivity index (χ1) is 0. The molecule has 0 heterocycles. The number of hydrogen-bond acceptors (Lipinski definition) is 0. The third kappa shape index (κ3) is 62.7. The average Bonchev–Trinajstić information content (AvgIpc) is 0. The van der Waals surface area contributed by atoms with Crippen LogP contribution in [0.3, 0.4) is 0 Å². The van der Waals surface area contributed by atoms with E-state index >= 15 is 0 Å². The van der Waals surface area contributed by atoms with E-state index in [0.717, 1.165) is 0 Å². The van der Waals surface area contributed by atoms with Crippen molar-refractivity contribution < 1.29 is 42.1 Å². The molecule has 0 amide bonds. The first-order valence-electron chi connectivity index (χ1n) is 0. The van der Waals surface area contributed by atoms with Crippen LogP contribution in [0.15, 0.2) is 0 Å². The minimum atomic E-state index is 0. The minimum Gasteiger partial charge on any atom is -3.00 e. The second-order valence-electron chi connectivity index (χ2n) is 0. The third-order valence-electron chi connectivity index (χ3n) is 0. The van der Waals surface area contributed by atoms with Crippen molar-refractivity contribution in [2.45, 2.75) is 0 Å². The monoisotopic (exact) mass is 252 g/mol. The Labute approximate surface area is 66.7 Å². The summed E-state index contributed by atoms with van der Waals surface area (Å²) >= 11 is 0. The van der Waals surface area contributed by atoms with E-state index in [0.29, 0.717) is 0 Å². The Balaban J connectivity index is 0. The summed E-state index contributed by atoms with van der Waals surface area (Å²) in [5.41, 5.74) is 0. The molecule has 0 fully saturated rings. The number of nitrogens with zero attached hydrogens (tertiary/aromatic N) is 4. The zero-order valence-corrected chi connectivity index (χ0v) is 6.62. The predicted molar refractivity (Wildman–Crippen MR) is 13.4 cm³/mol. The maximum atomic E-state index is 0. The van der Waals surface area contributed by atoms with Gasteiger partial charge in [-0.2, -0.15) is 0 Å². The van der Waals surface area contributed by atoms with Gasteiger partial charge in [0.2, 0.25) is 0 Å². The Morgan fingerprint density at radius 3 is 0.333 bits per heavy atom. The molecule has 0 rings (SSSR count). The molecule has 0 saturated carbocycles. The van der Waals surface area contributed by atoms with Gasteiger partial charge in [0.25, 0.3) is 0 Å². The molecule has 0 unspecified atom stereocenters. The smallest absolute Gasteiger partial charge is 3.00 e. The van der Waals surface area contributed by atoms with E-state index < -0.39 is 0 Å². The summed E-state index contributed by atoms with van der Waals surface area (Å²) in [6.45, 7) is 0. The summed E-state index contributed by atoms with van der Waals surface area (Å²) in [5.74, 6) is 0. The van der Waals surface area contributed by atoms with Crippen molar-refractivity contribution in [3.05, 3.63) is 24.6 Å². The molecule has 0 aromatic carbocycles. The van der Waals surface area contributed by atoms with Crippen LogP contribution in [0.25, 0.3) is 24.6 Å². The van der Waals surface area contributed by atoms with Gasteiger partial charge in [0, 0.05) is 0 Å². The van der Waals surface area contributed by atoms with Crippen LogP contribution in [0, 0.1) is 0 Å². The van der Waals surface area contributed by atoms with Gasteiger partial charge >= 0.3 is 42.1 Å². The van der Waals surface area contributed by atoms with Crippen molar-refractivity contribution >= 4 is 0 Å². The van der Waals surface area contributed by atoms with Gasteiger partial charge < -0.3 is 24.6 Å². The molecule has 4 nitrogen and oxygen atoms in total. The molecule has 0 N–H and O–H groups in total. The van der Waals surface area contributed by atoms with E-state index in [4.69, 9.17) is 0 Å². The quantitative estimate of drug-likeness (QED) is 0.570. The van der Waals surface area contributed by atoms with Crippen molar-refractivity contribution in [1.29, 1.82) is 0 Å². The van der Waals surface area contributed by atoms with Gasteiger partial charge in [-0.15, -0.1) is 0 Å². The molecular formula is Mo2N4. The fourth-order valence-corrected chi connectivity index (χ4v) is 0. The summed E-state index contributed by atoms with van der Waals surface area (Å²) in [6, 6.07) is 0. The van der Waals surface area contributed by atoms with Crippen LogP contribution in [-0.2, 0) is 42.1 Å². The van der Waals surface area contributed by atoms with Gasteiger partial charge in [0.1, 0.15) is 0 Å². The molecule has 0 radical (unpaired) electrons. The van der Waals surface area contributed by atoms with Gasteiger partial charge in [-0.05, 0) is 0 Å². The summed E-state index contributed by atoms with van der Waals surface area (Å²) in [7, 11) is 0. The fraction of sp³-hybridized carbons (Fsp3) is 0. The first kappa shape index (κ1) is 188. The van der Waals surface area contributed by atoms with Gasteiger partial charge in [-0.25, -0.2) is 0 Å². The van der Waals surface area contributed by atoms with Crippen molar-refractivity contribution in [3.8, 4) is 0 Å². The molecule has 0 aromatic rings. The summed E-state index contributed by atoms with van der Waals surface area (Å²) in [6.07, 6.45) is 0. The molecule has 0 bridgehead atoms. The van der Waals surface area contributed by atoms with Crippen LogP contribution in [0.4, 0.5) is 0 Å². The Morgan fingerprint density at radius 1 is 0.333 bits per heavy atom. The molecular weight excluding hydrogens is 248 g/mol. The standard InChI is InChI=1S/2Mo.4N/q2*+6;4*-3. The van der Waals surface area contributed by atoms with E-state index in [9.17, 15) is 0 Å².